The smallest absolute Gasteiger partial charge is 0.308 e. The van der Waals surface area contributed by atoms with Crippen molar-refractivity contribution in [3.8, 4) is 11.5 Å². The molecule has 3 aromatic rings. The number of Topliss-reactive ketones (excluding diaryl/α,β-unsaturated/α-hetero) is 1. The van der Waals surface area contributed by atoms with Gasteiger partial charge in [0.1, 0.15) is 17.3 Å². The van der Waals surface area contributed by atoms with Gasteiger partial charge in [-0.25, -0.2) is 0 Å². The lowest BCUT2D eigenvalue weighted by Gasteiger charge is -2.26. The first-order valence-corrected chi connectivity index (χ1v) is 12.4. The Balaban J connectivity index is 1.89. The van der Waals surface area contributed by atoms with Gasteiger partial charge < -0.3 is 14.6 Å². The molecule has 0 saturated carbocycles. The molecule has 7 nitrogen and oxygen atoms in total. The summed E-state index contributed by atoms with van der Waals surface area (Å²) >= 11 is 0. The monoisotopic (exact) mass is 513 g/mol. The number of amides is 1. The Hall–Kier alpha value is -4.39. The molecule has 7 heteroatoms. The third-order valence-electron chi connectivity index (χ3n) is 6.20. The number of nitrogens with zero attached hydrogens (tertiary/aromatic N) is 1. The Morgan fingerprint density at radius 1 is 0.921 bits per heavy atom. The number of carbonyl (C=O) groups excluding carboxylic acids is 3. The van der Waals surface area contributed by atoms with E-state index in [1.165, 1.54) is 11.8 Å². The molecule has 1 saturated heterocycles. The normalized spacial score (nSPS) is 16.7. The molecule has 38 heavy (non-hydrogen) atoms. The molecule has 3 aromatic carbocycles. The minimum atomic E-state index is -0.894. The predicted octanol–water partition coefficient (Wildman–Crippen LogP) is 5.95. The molecule has 1 heterocycles. The lowest BCUT2D eigenvalue weighted by Crippen LogP contribution is -2.29. The van der Waals surface area contributed by atoms with E-state index in [1.807, 2.05) is 52.8 Å². The number of benzene rings is 3. The molecule has 4 rings (SSSR count). The van der Waals surface area contributed by atoms with Crippen LogP contribution in [0, 0.1) is 20.8 Å². The molecule has 0 spiro atoms. The number of carbonyl (C=O) groups is 3. The highest BCUT2D eigenvalue weighted by Crippen LogP contribution is 2.43. The van der Waals surface area contributed by atoms with Crippen molar-refractivity contribution in [2.75, 3.05) is 4.90 Å². The zero-order valence-corrected chi connectivity index (χ0v) is 22.4. The summed E-state index contributed by atoms with van der Waals surface area (Å²) in [6, 6.07) is 16.5. The molecule has 1 fully saturated rings. The van der Waals surface area contributed by atoms with Gasteiger partial charge in [0.05, 0.1) is 17.7 Å². The third kappa shape index (κ3) is 5.32. The second kappa shape index (κ2) is 10.5. The molecule has 1 aliphatic rings. The Morgan fingerprint density at radius 3 is 2.11 bits per heavy atom. The third-order valence-corrected chi connectivity index (χ3v) is 6.20. The number of hydrogen-bond acceptors (Lipinski definition) is 6. The molecule has 0 radical (unpaired) electrons. The number of aliphatic hydroxyl groups is 1. The topological polar surface area (TPSA) is 93.1 Å². The van der Waals surface area contributed by atoms with Gasteiger partial charge in [-0.05, 0) is 99.3 Å². The first-order chi connectivity index (χ1) is 18.0. The number of hydrogen-bond donors (Lipinski definition) is 1. The van der Waals surface area contributed by atoms with Crippen LogP contribution in [0.4, 0.5) is 5.69 Å². The van der Waals surface area contributed by atoms with Crippen LogP contribution in [0.15, 0.2) is 66.2 Å². The minimum absolute atomic E-state index is 0.0219. The van der Waals surface area contributed by atoms with Gasteiger partial charge in [0.25, 0.3) is 11.7 Å². The maximum Gasteiger partial charge on any atom is 0.308 e. The van der Waals surface area contributed by atoms with E-state index < -0.39 is 23.7 Å². The molecule has 0 aliphatic carbocycles. The number of ether oxygens (including phenoxy) is 2. The van der Waals surface area contributed by atoms with Crippen molar-refractivity contribution >= 4 is 29.1 Å². The van der Waals surface area contributed by atoms with Crippen molar-refractivity contribution in [3.63, 3.8) is 0 Å². The van der Waals surface area contributed by atoms with Crippen LogP contribution in [-0.4, -0.2) is 28.9 Å². The van der Waals surface area contributed by atoms with Crippen LogP contribution in [0.3, 0.4) is 0 Å². The van der Waals surface area contributed by atoms with E-state index >= 15 is 0 Å². The molecule has 0 bridgehead atoms. The highest BCUT2D eigenvalue weighted by atomic mass is 16.5. The minimum Gasteiger partial charge on any atom is -0.507 e. The molecule has 1 aliphatic heterocycles. The van der Waals surface area contributed by atoms with Gasteiger partial charge in [0, 0.05) is 18.2 Å². The van der Waals surface area contributed by atoms with Crippen LogP contribution >= 0.6 is 0 Å². The number of ketones is 1. The van der Waals surface area contributed by atoms with Gasteiger partial charge >= 0.3 is 5.97 Å². The van der Waals surface area contributed by atoms with Crippen molar-refractivity contribution in [2.24, 2.45) is 0 Å². The first-order valence-electron chi connectivity index (χ1n) is 12.4. The summed E-state index contributed by atoms with van der Waals surface area (Å²) in [6.07, 6.45) is -0.0220. The number of aryl methyl sites for hydroxylation is 3. The number of esters is 1. The average Bonchev–Trinajstić information content (AvgIpc) is 3.09. The van der Waals surface area contributed by atoms with Crippen LogP contribution in [-0.2, 0) is 14.4 Å². The van der Waals surface area contributed by atoms with Crippen molar-refractivity contribution < 1.29 is 29.0 Å². The van der Waals surface area contributed by atoms with E-state index in [0.29, 0.717) is 28.3 Å². The summed E-state index contributed by atoms with van der Waals surface area (Å²) in [7, 11) is 0. The summed E-state index contributed by atoms with van der Waals surface area (Å²) < 4.78 is 11.0. The van der Waals surface area contributed by atoms with E-state index in [1.54, 1.807) is 42.5 Å². The second-order valence-electron chi connectivity index (χ2n) is 9.82. The van der Waals surface area contributed by atoms with Crippen molar-refractivity contribution in [2.45, 2.75) is 53.7 Å². The summed E-state index contributed by atoms with van der Waals surface area (Å²) in [5.41, 5.74) is 4.16. The maximum absolute atomic E-state index is 13.5. The zero-order valence-electron chi connectivity index (χ0n) is 22.4. The van der Waals surface area contributed by atoms with Gasteiger partial charge in [-0.1, -0.05) is 18.2 Å². The Labute approximate surface area is 222 Å². The standard InChI is InChI=1S/C31H31NO6/c1-17(2)37-26-12-9-23(16-20(26)5)29(34)27-28(22-7-10-25(11-8-22)38-21(6)33)32(31(36)30(27)35)24-14-18(3)13-19(4)15-24/h7-17,28,34H,1-6H3/b29-27-. The van der Waals surface area contributed by atoms with Crippen molar-refractivity contribution in [3.05, 3.63) is 94.1 Å². The summed E-state index contributed by atoms with van der Waals surface area (Å²) in [4.78, 5) is 39.7. The van der Waals surface area contributed by atoms with Gasteiger partial charge in [-0.15, -0.1) is 0 Å². The fraction of sp³-hybridized carbons (Fsp3) is 0.258. The largest absolute Gasteiger partial charge is 0.507 e. The summed E-state index contributed by atoms with van der Waals surface area (Å²) in [5.74, 6) is -1.24. The molecule has 196 valence electrons. The highest BCUT2D eigenvalue weighted by Gasteiger charge is 2.47. The van der Waals surface area contributed by atoms with Gasteiger partial charge in [-0.3, -0.25) is 19.3 Å². The van der Waals surface area contributed by atoms with Crippen LogP contribution in [0.25, 0.3) is 5.76 Å². The number of aliphatic hydroxyl groups excluding tert-OH is 1. The quantitative estimate of drug-likeness (QED) is 0.144. The SMILES string of the molecule is CC(=O)Oc1ccc(C2/C(=C(/O)c3ccc(OC(C)C)c(C)c3)C(=O)C(=O)N2c2cc(C)cc(C)c2)cc1. The van der Waals surface area contributed by atoms with E-state index in [4.69, 9.17) is 9.47 Å². The first kappa shape index (κ1) is 26.7. The van der Waals surface area contributed by atoms with Crippen molar-refractivity contribution in [1.29, 1.82) is 0 Å². The molecule has 0 aromatic heterocycles. The predicted molar refractivity (Wildman–Crippen MR) is 145 cm³/mol. The Bertz CT molecular complexity index is 1430. The molecular formula is C31H31NO6. The molecule has 1 unspecified atom stereocenters. The highest BCUT2D eigenvalue weighted by molar-refractivity contribution is 6.51. The van der Waals surface area contributed by atoms with Crippen LogP contribution in [0.5, 0.6) is 11.5 Å². The lowest BCUT2D eigenvalue weighted by atomic mass is 9.94. The van der Waals surface area contributed by atoms with E-state index in [2.05, 4.69) is 0 Å². The van der Waals surface area contributed by atoms with E-state index in [-0.39, 0.29) is 17.4 Å². The van der Waals surface area contributed by atoms with Crippen molar-refractivity contribution in [1.82, 2.24) is 0 Å². The van der Waals surface area contributed by atoms with Gasteiger partial charge in [-0.2, -0.15) is 0 Å². The molecular weight excluding hydrogens is 482 g/mol. The second-order valence-corrected chi connectivity index (χ2v) is 9.82. The Morgan fingerprint density at radius 2 is 1.55 bits per heavy atom. The van der Waals surface area contributed by atoms with E-state index in [0.717, 1.165) is 16.7 Å². The zero-order chi connectivity index (χ0) is 27.7. The van der Waals surface area contributed by atoms with Crippen LogP contribution in [0.2, 0.25) is 0 Å². The van der Waals surface area contributed by atoms with Gasteiger partial charge in [0.2, 0.25) is 0 Å². The van der Waals surface area contributed by atoms with Crippen LogP contribution in [0.1, 0.15) is 54.6 Å². The fourth-order valence-corrected chi connectivity index (χ4v) is 4.73. The van der Waals surface area contributed by atoms with Gasteiger partial charge in [0.15, 0.2) is 0 Å². The Kier molecular flexibility index (Phi) is 7.39. The fourth-order valence-electron chi connectivity index (χ4n) is 4.73. The maximum atomic E-state index is 13.5. The van der Waals surface area contributed by atoms with Crippen LogP contribution < -0.4 is 14.4 Å². The lowest BCUT2D eigenvalue weighted by molar-refractivity contribution is -0.132. The number of rotatable bonds is 6. The molecule has 1 atom stereocenters. The summed E-state index contributed by atoms with van der Waals surface area (Å²) in [6.45, 7) is 10.8. The molecule has 1 N–H and O–H groups in total. The van der Waals surface area contributed by atoms with E-state index in [9.17, 15) is 19.5 Å². The number of anilines is 1. The molecule has 1 amide bonds. The summed E-state index contributed by atoms with van der Waals surface area (Å²) in [5, 5.41) is 11.5. The average molecular weight is 514 g/mol.